The number of halogens is 1. The third-order valence-corrected chi connectivity index (χ3v) is 2.46. The van der Waals surface area contributed by atoms with Gasteiger partial charge in [-0.3, -0.25) is 5.10 Å². The van der Waals surface area contributed by atoms with Gasteiger partial charge in [0.15, 0.2) is 5.96 Å². The second-order valence-corrected chi connectivity index (χ2v) is 4.32. The van der Waals surface area contributed by atoms with Gasteiger partial charge in [-0.15, -0.1) is 24.0 Å². The third kappa shape index (κ3) is 4.18. The highest BCUT2D eigenvalue weighted by Crippen LogP contribution is 2.10. The Balaban J connectivity index is 0.00000256. The van der Waals surface area contributed by atoms with Crippen LogP contribution in [0.2, 0.25) is 0 Å². The van der Waals surface area contributed by atoms with Crippen LogP contribution in [0, 0.1) is 13.8 Å². The summed E-state index contributed by atoms with van der Waals surface area (Å²) in [6.45, 7) is 4.69. The van der Waals surface area contributed by atoms with Gasteiger partial charge in [0.05, 0.1) is 12.2 Å². The predicted molar refractivity (Wildman–Crippen MR) is 82.0 cm³/mol. The van der Waals surface area contributed by atoms with E-state index >= 15 is 0 Å². The molecule has 1 rings (SSSR count). The van der Waals surface area contributed by atoms with Gasteiger partial charge < -0.3 is 9.80 Å². The fourth-order valence-corrected chi connectivity index (χ4v) is 1.64. The summed E-state index contributed by atoms with van der Waals surface area (Å²) in [6.07, 6.45) is 0. The van der Waals surface area contributed by atoms with Crippen LogP contribution in [0.4, 0.5) is 0 Å². The monoisotopic (exact) mass is 351 g/mol. The molecule has 0 amide bonds. The highest BCUT2D eigenvalue weighted by Gasteiger charge is 2.08. The van der Waals surface area contributed by atoms with Crippen LogP contribution in [-0.2, 0) is 6.54 Å². The lowest BCUT2D eigenvalue weighted by molar-refractivity contribution is 0.479. The Bertz CT molecular complexity index is 352. The van der Waals surface area contributed by atoms with E-state index in [1.54, 1.807) is 0 Å². The SMILES string of the molecule is Cc1n[nH]c(C)c1CN=C(N(C)C)N(C)C.I. The molecule has 1 aromatic heterocycles. The van der Waals surface area contributed by atoms with Crippen molar-refractivity contribution < 1.29 is 0 Å². The van der Waals surface area contributed by atoms with E-state index < -0.39 is 0 Å². The van der Waals surface area contributed by atoms with Crippen molar-refractivity contribution in [2.24, 2.45) is 4.99 Å². The Kier molecular flexibility index (Phi) is 6.51. The number of H-pyrrole nitrogens is 1. The number of nitrogens with zero attached hydrogens (tertiary/aromatic N) is 4. The molecule has 0 aliphatic rings. The van der Waals surface area contributed by atoms with Gasteiger partial charge >= 0.3 is 0 Å². The summed E-state index contributed by atoms with van der Waals surface area (Å²) in [7, 11) is 7.98. The molecule has 0 unspecified atom stereocenters. The number of aliphatic imine (C=N–C) groups is 1. The molecule has 0 radical (unpaired) electrons. The number of aryl methyl sites for hydroxylation is 2. The first-order valence-corrected chi connectivity index (χ1v) is 5.33. The minimum atomic E-state index is 0. The van der Waals surface area contributed by atoms with Crippen molar-refractivity contribution in [2.45, 2.75) is 20.4 Å². The van der Waals surface area contributed by atoms with Crippen LogP contribution < -0.4 is 0 Å². The van der Waals surface area contributed by atoms with Crippen LogP contribution in [0.1, 0.15) is 17.0 Å². The average Bonchev–Trinajstić information content (AvgIpc) is 2.47. The Morgan fingerprint density at radius 3 is 2.06 bits per heavy atom. The lowest BCUT2D eigenvalue weighted by Gasteiger charge is -2.22. The quantitative estimate of drug-likeness (QED) is 0.501. The molecule has 0 saturated carbocycles. The molecule has 98 valence electrons. The molecule has 1 N–H and O–H groups in total. The molecular formula is C11H22IN5. The fraction of sp³-hybridized carbons (Fsp3) is 0.636. The van der Waals surface area contributed by atoms with Crippen molar-refractivity contribution in [3.05, 3.63) is 17.0 Å². The van der Waals surface area contributed by atoms with Crippen LogP contribution in [0.15, 0.2) is 4.99 Å². The van der Waals surface area contributed by atoms with Crippen molar-refractivity contribution in [3.63, 3.8) is 0 Å². The zero-order chi connectivity index (χ0) is 12.3. The first-order chi connectivity index (χ1) is 7.43. The van der Waals surface area contributed by atoms with Gasteiger partial charge in [0.1, 0.15) is 0 Å². The van der Waals surface area contributed by atoms with E-state index in [1.165, 1.54) is 5.56 Å². The molecule has 0 aliphatic carbocycles. The molecule has 1 aromatic rings. The fourth-order valence-electron chi connectivity index (χ4n) is 1.64. The molecule has 0 aromatic carbocycles. The molecule has 0 bridgehead atoms. The summed E-state index contributed by atoms with van der Waals surface area (Å²) < 4.78 is 0. The first kappa shape index (κ1) is 16.2. The van der Waals surface area contributed by atoms with Gasteiger partial charge in [-0.2, -0.15) is 5.10 Å². The van der Waals surface area contributed by atoms with Crippen molar-refractivity contribution in [1.29, 1.82) is 0 Å². The second-order valence-electron chi connectivity index (χ2n) is 4.32. The van der Waals surface area contributed by atoms with Crippen molar-refractivity contribution in [1.82, 2.24) is 20.0 Å². The molecule has 1 heterocycles. The predicted octanol–water partition coefficient (Wildman–Crippen LogP) is 1.62. The van der Waals surface area contributed by atoms with E-state index in [9.17, 15) is 0 Å². The topological polar surface area (TPSA) is 47.5 Å². The molecule has 0 saturated heterocycles. The Hall–Kier alpha value is -0.790. The van der Waals surface area contributed by atoms with Crippen LogP contribution in [0.25, 0.3) is 0 Å². The molecule has 6 heteroatoms. The Labute approximate surface area is 120 Å². The number of aromatic nitrogens is 2. The number of guanidine groups is 1. The minimum Gasteiger partial charge on any atom is -0.349 e. The zero-order valence-electron chi connectivity index (χ0n) is 11.4. The molecule has 0 fully saturated rings. The number of rotatable bonds is 2. The maximum absolute atomic E-state index is 4.60. The molecule has 0 spiro atoms. The van der Waals surface area contributed by atoms with Gasteiger partial charge in [0, 0.05) is 39.4 Å². The van der Waals surface area contributed by atoms with E-state index in [-0.39, 0.29) is 24.0 Å². The normalized spacial score (nSPS) is 9.53. The lowest BCUT2D eigenvalue weighted by atomic mass is 10.2. The number of aromatic amines is 1. The van der Waals surface area contributed by atoms with E-state index in [1.807, 2.05) is 51.8 Å². The third-order valence-electron chi connectivity index (χ3n) is 2.46. The summed E-state index contributed by atoms with van der Waals surface area (Å²) >= 11 is 0. The molecular weight excluding hydrogens is 329 g/mol. The second kappa shape index (κ2) is 6.83. The maximum atomic E-state index is 4.60. The van der Waals surface area contributed by atoms with Crippen molar-refractivity contribution in [2.75, 3.05) is 28.2 Å². The van der Waals surface area contributed by atoms with Crippen LogP contribution in [0.5, 0.6) is 0 Å². The highest BCUT2D eigenvalue weighted by molar-refractivity contribution is 14.0. The van der Waals surface area contributed by atoms with Crippen LogP contribution in [0.3, 0.4) is 0 Å². The zero-order valence-corrected chi connectivity index (χ0v) is 13.7. The van der Waals surface area contributed by atoms with Crippen molar-refractivity contribution >= 4 is 29.9 Å². The molecule has 0 aliphatic heterocycles. The largest absolute Gasteiger partial charge is 0.349 e. The van der Waals surface area contributed by atoms with Crippen LogP contribution in [-0.4, -0.2) is 54.1 Å². The standard InChI is InChI=1S/C11H21N5.HI/c1-8-10(9(2)14-13-8)7-12-11(15(3)4)16(5)6;/h7H2,1-6H3,(H,13,14);1H. The average molecular weight is 351 g/mol. The van der Waals surface area contributed by atoms with Gasteiger partial charge in [0.25, 0.3) is 0 Å². The summed E-state index contributed by atoms with van der Waals surface area (Å²) in [6, 6.07) is 0. The van der Waals surface area contributed by atoms with Crippen molar-refractivity contribution in [3.8, 4) is 0 Å². The van der Waals surface area contributed by atoms with Gasteiger partial charge in [-0.25, -0.2) is 4.99 Å². The van der Waals surface area contributed by atoms with Gasteiger partial charge in [-0.05, 0) is 13.8 Å². The van der Waals surface area contributed by atoms with E-state index in [2.05, 4.69) is 15.2 Å². The molecule has 17 heavy (non-hydrogen) atoms. The Morgan fingerprint density at radius 1 is 1.18 bits per heavy atom. The summed E-state index contributed by atoms with van der Waals surface area (Å²) in [4.78, 5) is 8.60. The summed E-state index contributed by atoms with van der Waals surface area (Å²) in [5.41, 5.74) is 3.30. The van der Waals surface area contributed by atoms with E-state index in [4.69, 9.17) is 0 Å². The number of hydrogen-bond donors (Lipinski definition) is 1. The minimum absolute atomic E-state index is 0. The summed E-state index contributed by atoms with van der Waals surface area (Å²) in [5.74, 6) is 0.958. The number of nitrogens with one attached hydrogen (secondary N) is 1. The van der Waals surface area contributed by atoms with E-state index in [0.29, 0.717) is 6.54 Å². The maximum Gasteiger partial charge on any atom is 0.195 e. The smallest absolute Gasteiger partial charge is 0.195 e. The lowest BCUT2D eigenvalue weighted by Crippen LogP contribution is -2.35. The van der Waals surface area contributed by atoms with Gasteiger partial charge in [0.2, 0.25) is 0 Å². The first-order valence-electron chi connectivity index (χ1n) is 5.33. The Morgan fingerprint density at radius 2 is 1.71 bits per heavy atom. The van der Waals surface area contributed by atoms with Crippen LogP contribution >= 0.6 is 24.0 Å². The number of hydrogen-bond acceptors (Lipinski definition) is 2. The van der Waals surface area contributed by atoms with E-state index in [0.717, 1.165) is 17.3 Å². The highest BCUT2D eigenvalue weighted by atomic mass is 127. The molecule has 0 atom stereocenters. The molecule has 5 nitrogen and oxygen atoms in total. The summed E-state index contributed by atoms with van der Waals surface area (Å²) in [5, 5.41) is 7.13. The van der Waals surface area contributed by atoms with Gasteiger partial charge in [-0.1, -0.05) is 0 Å².